The van der Waals surface area contributed by atoms with Crippen molar-refractivity contribution in [2.75, 3.05) is 11.9 Å². The number of pyridine rings is 1. The predicted molar refractivity (Wildman–Crippen MR) is 83.6 cm³/mol. The van der Waals surface area contributed by atoms with E-state index in [1.165, 1.54) is 12.3 Å². The van der Waals surface area contributed by atoms with Crippen molar-refractivity contribution >= 4 is 11.6 Å². The Morgan fingerprint density at radius 2 is 1.96 bits per heavy atom. The van der Waals surface area contributed by atoms with Crippen LogP contribution in [-0.4, -0.2) is 17.4 Å². The number of halogens is 4. The maximum Gasteiger partial charge on any atom is 0.416 e. The molecular formula is C17H15F4N3O. The molecule has 132 valence electrons. The van der Waals surface area contributed by atoms with Crippen LogP contribution in [0, 0.1) is 5.82 Å². The topological polar surface area (TPSA) is 68.0 Å². The van der Waals surface area contributed by atoms with Crippen LogP contribution in [0.15, 0.2) is 36.5 Å². The highest BCUT2D eigenvalue weighted by atomic mass is 19.4. The summed E-state index contributed by atoms with van der Waals surface area (Å²) in [5, 5.41) is 3.07. The Kier molecular flexibility index (Phi) is 4.14. The van der Waals surface area contributed by atoms with Crippen LogP contribution in [0.1, 0.15) is 34.5 Å². The molecule has 1 aromatic heterocycles. The van der Waals surface area contributed by atoms with Gasteiger partial charge in [0, 0.05) is 23.8 Å². The third kappa shape index (κ3) is 3.72. The smallest absolute Gasteiger partial charge is 0.384 e. The number of amides is 1. The summed E-state index contributed by atoms with van der Waals surface area (Å²) < 4.78 is 52.3. The number of nitrogens with two attached hydrogens (primary N) is 1. The molecule has 1 aliphatic carbocycles. The molecule has 0 bridgehead atoms. The Bertz CT molecular complexity index is 816. The fourth-order valence-electron chi connectivity index (χ4n) is 2.72. The lowest BCUT2D eigenvalue weighted by molar-refractivity contribution is -0.137. The highest BCUT2D eigenvalue weighted by Crippen LogP contribution is 2.49. The quantitative estimate of drug-likeness (QED) is 0.809. The van der Waals surface area contributed by atoms with E-state index in [9.17, 15) is 22.4 Å². The molecule has 3 rings (SSSR count). The van der Waals surface area contributed by atoms with E-state index >= 15 is 0 Å². The highest BCUT2D eigenvalue weighted by Gasteiger charge is 2.45. The fraction of sp³-hybridized carbons (Fsp3) is 0.294. The van der Waals surface area contributed by atoms with Gasteiger partial charge in [-0.05, 0) is 48.7 Å². The molecule has 25 heavy (non-hydrogen) atoms. The first kappa shape index (κ1) is 17.2. The van der Waals surface area contributed by atoms with Crippen LogP contribution >= 0.6 is 0 Å². The summed E-state index contributed by atoms with van der Waals surface area (Å²) >= 11 is 0. The summed E-state index contributed by atoms with van der Waals surface area (Å²) in [7, 11) is 0. The Balaban J connectivity index is 1.81. The number of carbonyl (C=O) groups is 1. The number of primary amides is 1. The Morgan fingerprint density at radius 3 is 2.56 bits per heavy atom. The molecule has 4 nitrogen and oxygen atoms in total. The van der Waals surface area contributed by atoms with Crippen molar-refractivity contribution < 1.29 is 22.4 Å². The second kappa shape index (κ2) is 6.02. The minimum absolute atomic E-state index is 0.0833. The van der Waals surface area contributed by atoms with E-state index in [4.69, 9.17) is 5.73 Å². The monoisotopic (exact) mass is 353 g/mol. The molecule has 0 atom stereocenters. The van der Waals surface area contributed by atoms with Gasteiger partial charge in [-0.1, -0.05) is 0 Å². The average Bonchev–Trinajstić information content (AvgIpc) is 3.33. The number of nitrogens with one attached hydrogen (secondary N) is 1. The van der Waals surface area contributed by atoms with Crippen LogP contribution in [0.5, 0.6) is 0 Å². The zero-order valence-corrected chi connectivity index (χ0v) is 13.0. The normalized spacial score (nSPS) is 15.7. The lowest BCUT2D eigenvalue weighted by Gasteiger charge is -2.19. The largest absolute Gasteiger partial charge is 0.416 e. The molecule has 1 aromatic carbocycles. The van der Waals surface area contributed by atoms with E-state index in [1.807, 2.05) is 0 Å². The number of carbonyl (C=O) groups excluding carboxylic acids is 1. The maximum absolute atomic E-state index is 13.6. The second-order valence-electron chi connectivity index (χ2n) is 6.15. The molecule has 0 saturated heterocycles. The molecule has 0 radical (unpaired) electrons. The zero-order chi connectivity index (χ0) is 18.2. The van der Waals surface area contributed by atoms with Crippen molar-refractivity contribution in [3.63, 3.8) is 0 Å². The Morgan fingerprint density at radius 1 is 1.24 bits per heavy atom. The van der Waals surface area contributed by atoms with E-state index in [1.54, 1.807) is 6.07 Å². The molecule has 0 aliphatic heterocycles. The Labute approximate surface area is 141 Å². The van der Waals surface area contributed by atoms with Gasteiger partial charge in [0.25, 0.3) is 5.91 Å². The lowest BCUT2D eigenvalue weighted by atomic mass is 9.93. The van der Waals surface area contributed by atoms with Crippen molar-refractivity contribution in [3.05, 3.63) is 59.2 Å². The van der Waals surface area contributed by atoms with Crippen LogP contribution in [0.3, 0.4) is 0 Å². The van der Waals surface area contributed by atoms with Crippen LogP contribution < -0.4 is 11.1 Å². The number of alkyl halides is 3. The SMILES string of the molecule is NC(=O)c1cc(NCC2(c3cc(F)cc(C(F)(F)F)c3)CC2)ccn1. The molecular weight excluding hydrogens is 338 g/mol. The Hall–Kier alpha value is -2.64. The van der Waals surface area contributed by atoms with Crippen molar-refractivity contribution in [2.45, 2.75) is 24.4 Å². The number of benzene rings is 1. The fourth-order valence-corrected chi connectivity index (χ4v) is 2.72. The van der Waals surface area contributed by atoms with Crippen molar-refractivity contribution in [3.8, 4) is 0 Å². The van der Waals surface area contributed by atoms with Crippen molar-refractivity contribution in [1.82, 2.24) is 4.98 Å². The number of hydrogen-bond acceptors (Lipinski definition) is 3. The minimum atomic E-state index is -4.60. The van der Waals surface area contributed by atoms with E-state index < -0.39 is 28.9 Å². The van der Waals surface area contributed by atoms with Crippen LogP contribution in [0.2, 0.25) is 0 Å². The summed E-state index contributed by atoms with van der Waals surface area (Å²) in [6.45, 7) is 0.315. The standard InChI is InChI=1S/C17H15F4N3O/c18-12-6-10(5-11(7-12)17(19,20)21)16(2-3-16)9-24-13-1-4-23-14(8-13)15(22)25/h1,4-8H,2-3,9H2,(H2,22,25)(H,23,24). The van der Waals surface area contributed by atoms with Gasteiger partial charge in [-0.25, -0.2) is 4.39 Å². The third-order valence-electron chi connectivity index (χ3n) is 4.33. The summed E-state index contributed by atoms with van der Waals surface area (Å²) in [6.07, 6.45) is -1.89. The number of nitrogens with zero attached hydrogens (tertiary/aromatic N) is 1. The van der Waals surface area contributed by atoms with Gasteiger partial charge in [0.15, 0.2) is 0 Å². The molecule has 1 amide bonds. The van der Waals surface area contributed by atoms with Crippen LogP contribution in [0.25, 0.3) is 0 Å². The van der Waals surface area contributed by atoms with Crippen molar-refractivity contribution in [2.24, 2.45) is 5.73 Å². The summed E-state index contributed by atoms with van der Waals surface area (Å²) in [5.41, 5.74) is 4.59. The molecule has 1 fully saturated rings. The third-order valence-corrected chi connectivity index (χ3v) is 4.33. The molecule has 1 aliphatic rings. The molecule has 0 spiro atoms. The summed E-state index contributed by atoms with van der Waals surface area (Å²) in [6, 6.07) is 5.72. The molecule has 1 saturated carbocycles. The van der Waals surface area contributed by atoms with Crippen LogP contribution in [-0.2, 0) is 11.6 Å². The molecule has 3 N–H and O–H groups in total. The molecule has 0 unspecified atom stereocenters. The van der Waals surface area contributed by atoms with E-state index in [0.717, 1.165) is 12.1 Å². The van der Waals surface area contributed by atoms with Crippen LogP contribution in [0.4, 0.5) is 23.2 Å². The molecule has 1 heterocycles. The van der Waals surface area contributed by atoms with Gasteiger partial charge in [0.05, 0.1) is 5.56 Å². The first-order valence-corrected chi connectivity index (χ1v) is 7.58. The van der Waals surface area contributed by atoms with Gasteiger partial charge >= 0.3 is 6.18 Å². The van der Waals surface area contributed by atoms with Crippen molar-refractivity contribution in [1.29, 1.82) is 0 Å². The van der Waals surface area contributed by atoms with E-state index in [2.05, 4.69) is 10.3 Å². The second-order valence-corrected chi connectivity index (χ2v) is 6.15. The van der Waals surface area contributed by atoms with Gasteiger partial charge in [0.2, 0.25) is 0 Å². The zero-order valence-electron chi connectivity index (χ0n) is 13.0. The summed E-state index contributed by atoms with van der Waals surface area (Å²) in [5.74, 6) is -1.58. The highest BCUT2D eigenvalue weighted by molar-refractivity contribution is 5.91. The number of aromatic nitrogens is 1. The van der Waals surface area contributed by atoms with E-state index in [0.29, 0.717) is 36.7 Å². The first-order valence-electron chi connectivity index (χ1n) is 7.58. The number of anilines is 1. The minimum Gasteiger partial charge on any atom is -0.384 e. The van der Waals surface area contributed by atoms with E-state index in [-0.39, 0.29) is 5.69 Å². The van der Waals surface area contributed by atoms with Gasteiger partial charge in [-0.2, -0.15) is 13.2 Å². The molecule has 2 aromatic rings. The average molecular weight is 353 g/mol. The van der Waals surface area contributed by atoms with Gasteiger partial charge in [-0.15, -0.1) is 0 Å². The van der Waals surface area contributed by atoms with Gasteiger partial charge in [-0.3, -0.25) is 9.78 Å². The number of rotatable bonds is 5. The predicted octanol–water partition coefficient (Wildman–Crippen LogP) is 3.48. The van der Waals surface area contributed by atoms with Gasteiger partial charge < -0.3 is 11.1 Å². The molecule has 8 heteroatoms. The number of hydrogen-bond donors (Lipinski definition) is 2. The summed E-state index contributed by atoms with van der Waals surface area (Å²) in [4.78, 5) is 15.0. The maximum atomic E-state index is 13.6. The van der Waals surface area contributed by atoms with Gasteiger partial charge in [0.1, 0.15) is 11.5 Å². The first-order chi connectivity index (χ1) is 11.7. The lowest BCUT2D eigenvalue weighted by Crippen LogP contribution is -2.21.